The number of nitrogens with one attached hydrogen (secondary N) is 1. The third kappa shape index (κ3) is 6.01. The van der Waals surface area contributed by atoms with Gasteiger partial charge in [-0.25, -0.2) is 8.42 Å². The summed E-state index contributed by atoms with van der Waals surface area (Å²) in [6.45, 7) is 9.89. The predicted octanol–water partition coefficient (Wildman–Crippen LogP) is 3.69. The maximum atomic E-state index is 13.0. The van der Waals surface area contributed by atoms with E-state index in [2.05, 4.69) is 5.32 Å². The highest BCUT2D eigenvalue weighted by atomic mass is 35.5. The quantitative estimate of drug-likeness (QED) is 0.663. The third-order valence-corrected chi connectivity index (χ3v) is 5.85. The molecule has 1 aromatic rings. The molecule has 27 heavy (non-hydrogen) atoms. The Hall–Kier alpha value is -1.47. The van der Waals surface area contributed by atoms with Crippen LogP contribution in [-0.2, 0) is 14.8 Å². The Morgan fingerprint density at radius 1 is 1.22 bits per heavy atom. The van der Waals surface area contributed by atoms with Crippen molar-refractivity contribution in [3.05, 3.63) is 23.2 Å². The standard InChI is InChI=1S/C19H31ClN2O4S/c1-8-15(19(23)21-18(12(2)3)13(4)5)22(27(7,24)25)16-11-14(20)9-10-17(16)26-6/h9-13,15,18H,8H2,1-7H3,(H,21,23)/t15-/m0/s1. The van der Waals surface area contributed by atoms with Gasteiger partial charge in [0.05, 0.1) is 19.1 Å². The maximum absolute atomic E-state index is 13.0. The van der Waals surface area contributed by atoms with Crippen LogP contribution in [-0.4, -0.2) is 39.8 Å². The molecule has 0 spiro atoms. The zero-order valence-corrected chi connectivity index (χ0v) is 18.7. The van der Waals surface area contributed by atoms with Gasteiger partial charge in [0.1, 0.15) is 11.8 Å². The smallest absolute Gasteiger partial charge is 0.244 e. The van der Waals surface area contributed by atoms with E-state index < -0.39 is 16.1 Å². The van der Waals surface area contributed by atoms with Crippen LogP contribution in [0.4, 0.5) is 5.69 Å². The van der Waals surface area contributed by atoms with Crippen LogP contribution in [0.1, 0.15) is 41.0 Å². The molecule has 0 aliphatic carbocycles. The summed E-state index contributed by atoms with van der Waals surface area (Å²) in [6, 6.07) is 3.73. The number of carbonyl (C=O) groups is 1. The van der Waals surface area contributed by atoms with Gasteiger partial charge in [-0.3, -0.25) is 9.10 Å². The number of rotatable bonds is 9. The summed E-state index contributed by atoms with van der Waals surface area (Å²) in [5, 5.41) is 3.38. The average molecular weight is 419 g/mol. The lowest BCUT2D eigenvalue weighted by Crippen LogP contribution is -2.53. The van der Waals surface area contributed by atoms with E-state index in [0.29, 0.717) is 17.2 Å². The number of benzene rings is 1. The van der Waals surface area contributed by atoms with E-state index in [4.69, 9.17) is 16.3 Å². The van der Waals surface area contributed by atoms with Crippen molar-refractivity contribution in [2.75, 3.05) is 17.7 Å². The number of ether oxygens (including phenoxy) is 1. The van der Waals surface area contributed by atoms with Crippen molar-refractivity contribution in [1.82, 2.24) is 5.32 Å². The Balaban J connectivity index is 3.41. The van der Waals surface area contributed by atoms with Crippen molar-refractivity contribution >= 4 is 33.2 Å². The van der Waals surface area contributed by atoms with E-state index in [1.165, 1.54) is 13.2 Å². The Kier molecular flexibility index (Phi) is 8.42. The lowest BCUT2D eigenvalue weighted by atomic mass is 9.93. The first-order chi connectivity index (χ1) is 12.4. The van der Waals surface area contributed by atoms with E-state index in [9.17, 15) is 13.2 Å². The Morgan fingerprint density at radius 2 is 1.78 bits per heavy atom. The fraction of sp³-hybridized carbons (Fsp3) is 0.632. The normalized spacial score (nSPS) is 13.1. The second-order valence-corrected chi connectivity index (χ2v) is 9.62. The Bertz CT molecular complexity index is 742. The lowest BCUT2D eigenvalue weighted by molar-refractivity contribution is -0.123. The summed E-state index contributed by atoms with van der Waals surface area (Å²) in [4.78, 5) is 13.0. The first kappa shape index (κ1) is 23.6. The van der Waals surface area contributed by atoms with Crippen LogP contribution in [0.5, 0.6) is 5.75 Å². The molecule has 0 aliphatic heterocycles. The summed E-state index contributed by atoms with van der Waals surface area (Å²) in [6.07, 6.45) is 1.38. The van der Waals surface area contributed by atoms with Crippen LogP contribution in [0, 0.1) is 11.8 Å². The summed E-state index contributed by atoms with van der Waals surface area (Å²) in [5.74, 6) is 0.440. The minimum atomic E-state index is -3.77. The molecule has 1 amide bonds. The first-order valence-electron chi connectivity index (χ1n) is 9.07. The van der Waals surface area contributed by atoms with Gasteiger partial charge in [-0.2, -0.15) is 0 Å². The third-order valence-electron chi connectivity index (χ3n) is 4.45. The Morgan fingerprint density at radius 3 is 2.19 bits per heavy atom. The molecule has 0 bridgehead atoms. The number of hydrogen-bond donors (Lipinski definition) is 1. The zero-order valence-electron chi connectivity index (χ0n) is 17.1. The Labute approximate surface area is 168 Å². The van der Waals surface area contributed by atoms with E-state index in [-0.39, 0.29) is 29.5 Å². The predicted molar refractivity (Wildman–Crippen MR) is 111 cm³/mol. The van der Waals surface area contributed by atoms with Crippen molar-refractivity contribution in [2.24, 2.45) is 11.8 Å². The summed E-state index contributed by atoms with van der Waals surface area (Å²) >= 11 is 6.09. The van der Waals surface area contributed by atoms with Gasteiger partial charge in [0, 0.05) is 11.1 Å². The SMILES string of the molecule is CC[C@@H](C(=O)NC(C(C)C)C(C)C)N(c1cc(Cl)ccc1OC)S(C)(=O)=O. The number of halogens is 1. The number of sulfonamides is 1. The molecule has 1 rings (SSSR count). The van der Waals surface area contributed by atoms with Crippen molar-refractivity contribution in [2.45, 2.75) is 53.1 Å². The molecule has 1 atom stereocenters. The number of amides is 1. The van der Waals surface area contributed by atoms with Crippen LogP contribution in [0.25, 0.3) is 0 Å². The van der Waals surface area contributed by atoms with E-state index >= 15 is 0 Å². The lowest BCUT2D eigenvalue weighted by Gasteiger charge is -2.34. The van der Waals surface area contributed by atoms with Gasteiger partial charge in [0.25, 0.3) is 0 Å². The van der Waals surface area contributed by atoms with Crippen molar-refractivity contribution in [1.29, 1.82) is 0 Å². The number of hydrogen-bond acceptors (Lipinski definition) is 4. The molecule has 0 aliphatic rings. The molecule has 0 aromatic heterocycles. The molecule has 0 saturated heterocycles. The van der Waals surface area contributed by atoms with Gasteiger partial charge in [-0.05, 0) is 36.5 Å². The molecule has 154 valence electrons. The molecule has 0 radical (unpaired) electrons. The monoisotopic (exact) mass is 418 g/mol. The number of nitrogens with zero attached hydrogens (tertiary/aromatic N) is 1. The average Bonchev–Trinajstić information content (AvgIpc) is 2.55. The largest absolute Gasteiger partial charge is 0.495 e. The van der Waals surface area contributed by atoms with Gasteiger partial charge in [0.2, 0.25) is 15.9 Å². The van der Waals surface area contributed by atoms with Crippen LogP contribution < -0.4 is 14.4 Å². The van der Waals surface area contributed by atoms with E-state index in [0.717, 1.165) is 10.6 Å². The highest BCUT2D eigenvalue weighted by molar-refractivity contribution is 7.92. The fourth-order valence-corrected chi connectivity index (χ4v) is 4.61. The molecular weight excluding hydrogens is 388 g/mol. The molecule has 0 saturated carbocycles. The summed E-state index contributed by atoms with van der Waals surface area (Å²) in [5.41, 5.74) is 0.250. The van der Waals surface area contributed by atoms with Crippen LogP contribution >= 0.6 is 11.6 Å². The highest BCUT2D eigenvalue weighted by Gasteiger charge is 2.35. The zero-order chi connectivity index (χ0) is 20.9. The molecule has 6 nitrogen and oxygen atoms in total. The molecule has 1 aromatic carbocycles. The highest BCUT2D eigenvalue weighted by Crippen LogP contribution is 2.35. The van der Waals surface area contributed by atoms with Gasteiger partial charge in [0.15, 0.2) is 0 Å². The molecule has 0 heterocycles. The van der Waals surface area contributed by atoms with Crippen molar-refractivity contribution in [3.63, 3.8) is 0 Å². The van der Waals surface area contributed by atoms with Gasteiger partial charge in [-0.1, -0.05) is 46.2 Å². The second-order valence-electron chi connectivity index (χ2n) is 7.32. The number of anilines is 1. The van der Waals surface area contributed by atoms with Crippen LogP contribution in [0.3, 0.4) is 0 Å². The maximum Gasteiger partial charge on any atom is 0.244 e. The van der Waals surface area contributed by atoms with Crippen molar-refractivity contribution in [3.8, 4) is 5.75 Å². The van der Waals surface area contributed by atoms with Crippen LogP contribution in [0.2, 0.25) is 5.02 Å². The molecule has 0 unspecified atom stereocenters. The minimum Gasteiger partial charge on any atom is -0.495 e. The minimum absolute atomic E-state index is 0.0609. The fourth-order valence-electron chi connectivity index (χ4n) is 3.23. The summed E-state index contributed by atoms with van der Waals surface area (Å²) in [7, 11) is -2.32. The van der Waals surface area contributed by atoms with Crippen molar-refractivity contribution < 1.29 is 17.9 Å². The van der Waals surface area contributed by atoms with E-state index in [1.54, 1.807) is 19.1 Å². The summed E-state index contributed by atoms with van der Waals surface area (Å²) < 4.78 is 31.6. The molecular formula is C19H31ClN2O4S. The molecule has 0 fully saturated rings. The van der Waals surface area contributed by atoms with Crippen LogP contribution in [0.15, 0.2) is 18.2 Å². The van der Waals surface area contributed by atoms with E-state index in [1.807, 2.05) is 27.7 Å². The number of carbonyl (C=O) groups excluding carboxylic acids is 1. The second kappa shape index (κ2) is 9.64. The van der Waals surface area contributed by atoms with Gasteiger partial charge in [-0.15, -0.1) is 0 Å². The first-order valence-corrected chi connectivity index (χ1v) is 11.3. The van der Waals surface area contributed by atoms with Gasteiger partial charge < -0.3 is 10.1 Å². The number of methoxy groups -OCH3 is 1. The molecule has 1 N–H and O–H groups in total. The molecule has 8 heteroatoms. The topological polar surface area (TPSA) is 75.7 Å². The van der Waals surface area contributed by atoms with Gasteiger partial charge >= 0.3 is 0 Å².